The van der Waals surface area contributed by atoms with Crippen molar-refractivity contribution in [3.05, 3.63) is 29.8 Å². The molecular formula is C14H21N2O. The lowest BCUT2D eigenvalue weighted by molar-refractivity contribution is 0.299. The summed E-state index contributed by atoms with van der Waals surface area (Å²) in [5.74, 6) is 0.999. The van der Waals surface area contributed by atoms with Crippen LogP contribution in [0.15, 0.2) is 24.3 Å². The van der Waals surface area contributed by atoms with Crippen molar-refractivity contribution in [2.24, 2.45) is 0 Å². The Morgan fingerprint density at radius 1 is 1.41 bits per heavy atom. The first-order chi connectivity index (χ1) is 8.42. The Bertz CT molecular complexity index is 335. The molecule has 0 aliphatic carbocycles. The van der Waals surface area contributed by atoms with Gasteiger partial charge in [0.15, 0.2) is 0 Å². The molecule has 0 spiro atoms. The molecule has 0 saturated carbocycles. The van der Waals surface area contributed by atoms with E-state index < -0.39 is 0 Å². The Hall–Kier alpha value is -1.06. The molecule has 0 amide bonds. The highest BCUT2D eigenvalue weighted by Crippen LogP contribution is 2.26. The molecule has 1 radical (unpaired) electrons. The average molecular weight is 233 g/mol. The predicted molar refractivity (Wildman–Crippen MR) is 69.5 cm³/mol. The molecule has 1 aromatic rings. The van der Waals surface area contributed by atoms with Gasteiger partial charge in [0, 0.05) is 25.2 Å². The monoisotopic (exact) mass is 233 g/mol. The zero-order chi connectivity index (χ0) is 11.9. The van der Waals surface area contributed by atoms with Crippen molar-refractivity contribution in [1.29, 1.82) is 0 Å². The van der Waals surface area contributed by atoms with Crippen LogP contribution in [0, 0.1) is 0 Å². The number of piperazine rings is 1. The normalized spacial score (nSPS) is 20.2. The Balaban J connectivity index is 2.03. The van der Waals surface area contributed by atoms with E-state index in [4.69, 9.17) is 4.74 Å². The van der Waals surface area contributed by atoms with Crippen molar-refractivity contribution in [2.75, 3.05) is 26.2 Å². The lowest BCUT2D eigenvalue weighted by Gasteiger charge is -2.24. The molecule has 2 rings (SSSR count). The minimum absolute atomic E-state index is 0.251. The lowest BCUT2D eigenvalue weighted by Crippen LogP contribution is -2.38. The van der Waals surface area contributed by atoms with E-state index in [1.807, 2.05) is 6.07 Å². The van der Waals surface area contributed by atoms with E-state index in [1.165, 1.54) is 5.56 Å². The summed E-state index contributed by atoms with van der Waals surface area (Å²) >= 11 is 0. The van der Waals surface area contributed by atoms with Gasteiger partial charge in [0.05, 0.1) is 12.6 Å². The fraction of sp³-hybridized carbons (Fsp3) is 0.571. The molecule has 3 nitrogen and oxygen atoms in total. The summed E-state index contributed by atoms with van der Waals surface area (Å²) < 4.78 is 5.84. The van der Waals surface area contributed by atoms with E-state index in [0.717, 1.165) is 44.8 Å². The Kier molecular flexibility index (Phi) is 4.83. The smallest absolute Gasteiger partial charge is 0.124 e. The van der Waals surface area contributed by atoms with Gasteiger partial charge in [-0.1, -0.05) is 31.5 Å². The van der Waals surface area contributed by atoms with E-state index >= 15 is 0 Å². The van der Waals surface area contributed by atoms with Gasteiger partial charge in [0.2, 0.25) is 0 Å². The van der Waals surface area contributed by atoms with Crippen LogP contribution in [0.1, 0.15) is 31.4 Å². The highest BCUT2D eigenvalue weighted by atomic mass is 16.5. The molecule has 1 fully saturated rings. The van der Waals surface area contributed by atoms with Crippen LogP contribution in [0.25, 0.3) is 0 Å². The van der Waals surface area contributed by atoms with Crippen LogP contribution in [-0.2, 0) is 0 Å². The van der Waals surface area contributed by atoms with Crippen molar-refractivity contribution in [3.8, 4) is 5.75 Å². The van der Waals surface area contributed by atoms with Crippen molar-refractivity contribution in [2.45, 2.75) is 25.8 Å². The van der Waals surface area contributed by atoms with Crippen LogP contribution in [-0.4, -0.2) is 26.2 Å². The summed E-state index contributed by atoms with van der Waals surface area (Å²) in [6.45, 7) is 5.79. The van der Waals surface area contributed by atoms with E-state index in [2.05, 4.69) is 35.8 Å². The van der Waals surface area contributed by atoms with Crippen molar-refractivity contribution >= 4 is 0 Å². The molecule has 1 N–H and O–H groups in total. The number of ether oxygens (including phenoxy) is 1. The minimum Gasteiger partial charge on any atom is -0.493 e. The number of hydrogen-bond donors (Lipinski definition) is 1. The summed E-state index contributed by atoms with van der Waals surface area (Å²) in [5.41, 5.74) is 1.22. The Morgan fingerprint density at radius 2 is 2.29 bits per heavy atom. The van der Waals surface area contributed by atoms with E-state index in [0.29, 0.717) is 0 Å². The maximum atomic E-state index is 5.84. The van der Waals surface area contributed by atoms with E-state index in [-0.39, 0.29) is 6.04 Å². The van der Waals surface area contributed by atoms with Gasteiger partial charge in [0.1, 0.15) is 5.75 Å². The number of nitrogens with zero attached hydrogens (tertiary/aromatic N) is 1. The maximum absolute atomic E-state index is 5.84. The number of nitrogens with one attached hydrogen (secondary N) is 1. The Labute approximate surface area is 104 Å². The highest BCUT2D eigenvalue weighted by Gasteiger charge is 2.18. The highest BCUT2D eigenvalue weighted by molar-refractivity contribution is 5.36. The number of rotatable bonds is 5. The summed E-state index contributed by atoms with van der Waals surface area (Å²) in [5, 5.41) is 8.02. The first-order valence-corrected chi connectivity index (χ1v) is 6.51. The second kappa shape index (κ2) is 6.62. The molecule has 1 atom stereocenters. The zero-order valence-electron chi connectivity index (χ0n) is 10.5. The van der Waals surface area contributed by atoms with Crippen LogP contribution < -0.4 is 15.4 Å². The second-order valence-electron chi connectivity index (χ2n) is 4.37. The summed E-state index contributed by atoms with van der Waals surface area (Å²) in [7, 11) is 0. The molecule has 3 heteroatoms. The van der Waals surface area contributed by atoms with Crippen molar-refractivity contribution < 1.29 is 4.74 Å². The van der Waals surface area contributed by atoms with Gasteiger partial charge in [0.25, 0.3) is 0 Å². The van der Waals surface area contributed by atoms with Gasteiger partial charge in [-0.05, 0) is 12.5 Å². The molecule has 93 valence electrons. The molecule has 1 aliphatic rings. The quantitative estimate of drug-likeness (QED) is 0.791. The van der Waals surface area contributed by atoms with E-state index in [1.54, 1.807) is 0 Å². The molecular weight excluding hydrogens is 212 g/mol. The third-order valence-electron chi connectivity index (χ3n) is 3.01. The van der Waals surface area contributed by atoms with Crippen LogP contribution in [0.3, 0.4) is 0 Å². The fourth-order valence-corrected chi connectivity index (χ4v) is 2.02. The largest absolute Gasteiger partial charge is 0.493 e. The third-order valence-corrected chi connectivity index (χ3v) is 3.01. The van der Waals surface area contributed by atoms with Gasteiger partial charge in [-0.25, -0.2) is 5.32 Å². The predicted octanol–water partition coefficient (Wildman–Crippen LogP) is 2.11. The first kappa shape index (κ1) is 12.4. The fourth-order valence-electron chi connectivity index (χ4n) is 2.02. The number of unbranched alkanes of at least 4 members (excludes halogenated alkanes) is 1. The van der Waals surface area contributed by atoms with Crippen molar-refractivity contribution in [1.82, 2.24) is 10.6 Å². The maximum Gasteiger partial charge on any atom is 0.124 e. The molecule has 0 aromatic heterocycles. The van der Waals surface area contributed by atoms with Gasteiger partial charge >= 0.3 is 0 Å². The van der Waals surface area contributed by atoms with E-state index in [9.17, 15) is 0 Å². The number of benzene rings is 1. The van der Waals surface area contributed by atoms with Gasteiger partial charge in [-0.2, -0.15) is 0 Å². The summed E-state index contributed by atoms with van der Waals surface area (Å²) in [6, 6.07) is 8.52. The molecule has 17 heavy (non-hydrogen) atoms. The van der Waals surface area contributed by atoms with Crippen LogP contribution in [0.5, 0.6) is 5.75 Å². The van der Waals surface area contributed by atoms with Crippen LogP contribution in [0.4, 0.5) is 0 Å². The third kappa shape index (κ3) is 3.45. The first-order valence-electron chi connectivity index (χ1n) is 6.51. The van der Waals surface area contributed by atoms with Gasteiger partial charge in [-0.3, -0.25) is 0 Å². The molecule has 1 unspecified atom stereocenters. The topological polar surface area (TPSA) is 35.4 Å². The molecule has 1 aliphatic heterocycles. The minimum atomic E-state index is 0.251. The lowest BCUT2D eigenvalue weighted by atomic mass is 10.0. The summed E-state index contributed by atoms with van der Waals surface area (Å²) in [6.07, 6.45) is 2.27. The molecule has 1 aromatic carbocycles. The molecule has 0 bridgehead atoms. The van der Waals surface area contributed by atoms with Crippen LogP contribution in [0.2, 0.25) is 0 Å². The molecule has 1 heterocycles. The number of para-hydroxylation sites is 1. The molecule has 1 saturated heterocycles. The van der Waals surface area contributed by atoms with Crippen molar-refractivity contribution in [3.63, 3.8) is 0 Å². The second-order valence-corrected chi connectivity index (χ2v) is 4.37. The average Bonchev–Trinajstić information content (AvgIpc) is 2.41. The summed E-state index contributed by atoms with van der Waals surface area (Å²) in [4.78, 5) is 0. The Morgan fingerprint density at radius 3 is 3.06 bits per heavy atom. The SMILES string of the molecule is CCCCOc1ccccc1C1CNCC[N]1. The zero-order valence-corrected chi connectivity index (χ0v) is 10.5. The van der Waals surface area contributed by atoms with Gasteiger partial charge < -0.3 is 10.1 Å². The standard InChI is InChI=1S/C14H21N2O/c1-2-3-10-17-14-7-5-4-6-12(14)13-11-15-8-9-16-13/h4-7,13,15H,2-3,8-11H2,1H3. The van der Waals surface area contributed by atoms with Crippen LogP contribution >= 0.6 is 0 Å². The van der Waals surface area contributed by atoms with Gasteiger partial charge in [-0.15, -0.1) is 0 Å². The number of hydrogen-bond acceptors (Lipinski definition) is 2.